The van der Waals surface area contributed by atoms with Crippen molar-refractivity contribution in [3.8, 4) is 0 Å². The summed E-state index contributed by atoms with van der Waals surface area (Å²) in [6.07, 6.45) is 3.33. The highest BCUT2D eigenvalue weighted by atomic mass is 32.1. The van der Waals surface area contributed by atoms with Crippen LogP contribution in [0.15, 0.2) is 54.6 Å². The molecular weight excluding hydrogens is 394 g/mol. The molecule has 2 heterocycles. The van der Waals surface area contributed by atoms with E-state index in [9.17, 15) is 4.79 Å². The molecule has 1 aromatic heterocycles. The van der Waals surface area contributed by atoms with E-state index in [1.165, 1.54) is 5.56 Å². The minimum absolute atomic E-state index is 0.326. The highest BCUT2D eigenvalue weighted by molar-refractivity contribution is 7.80. The quantitative estimate of drug-likeness (QED) is 0.449. The third-order valence-electron chi connectivity index (χ3n) is 5.69. The highest BCUT2D eigenvalue weighted by Gasteiger charge is 2.24. The molecule has 2 aromatic carbocycles. The first kappa shape index (κ1) is 20.4. The molecule has 2 N–H and O–H groups in total. The number of anilines is 1. The molecule has 156 valence electrons. The van der Waals surface area contributed by atoms with Crippen molar-refractivity contribution < 1.29 is 9.53 Å². The zero-order valence-corrected chi connectivity index (χ0v) is 18.0. The van der Waals surface area contributed by atoms with Crippen LogP contribution in [0.1, 0.15) is 35.8 Å². The number of para-hydroxylation sites is 1. The molecule has 0 bridgehead atoms. The fraction of sp³-hybridized carbons (Fsp3) is 0.333. The molecule has 0 amide bonds. The molecule has 0 aliphatic carbocycles. The number of likely N-dealkylation sites (tertiary alicyclic amines) is 1. The number of aromatic amines is 1. The Morgan fingerprint density at radius 1 is 1.13 bits per heavy atom. The first-order chi connectivity index (χ1) is 14.7. The molecule has 0 unspecified atom stereocenters. The molecule has 1 aliphatic heterocycles. The van der Waals surface area contributed by atoms with Gasteiger partial charge in [0.05, 0.1) is 12.3 Å². The minimum atomic E-state index is -0.374. The van der Waals surface area contributed by atoms with Crippen LogP contribution in [-0.4, -0.2) is 40.7 Å². The van der Waals surface area contributed by atoms with E-state index in [0.717, 1.165) is 43.3 Å². The van der Waals surface area contributed by atoms with Gasteiger partial charge in [0.15, 0.2) is 5.11 Å². The van der Waals surface area contributed by atoms with Gasteiger partial charge in [0.25, 0.3) is 0 Å². The lowest BCUT2D eigenvalue weighted by Gasteiger charge is -2.34. The second-order valence-electron chi connectivity index (χ2n) is 7.69. The van der Waals surface area contributed by atoms with Gasteiger partial charge < -0.3 is 19.9 Å². The Morgan fingerprint density at radius 2 is 1.83 bits per heavy atom. The second kappa shape index (κ2) is 9.30. The van der Waals surface area contributed by atoms with Gasteiger partial charge in [-0.1, -0.05) is 48.5 Å². The standard InChI is InChI=1S/C24H27N3O2S/c1-2-29-23(28)22-21(19-10-6-7-11-20(19)25-22)26-24(30)27-14-12-18(13-15-27)16-17-8-4-3-5-9-17/h3-11,18,25H,2,12-16H2,1H3,(H,26,30). The zero-order valence-electron chi connectivity index (χ0n) is 17.2. The lowest BCUT2D eigenvalue weighted by atomic mass is 9.90. The van der Waals surface area contributed by atoms with Gasteiger partial charge in [0.1, 0.15) is 5.69 Å². The summed E-state index contributed by atoms with van der Waals surface area (Å²) in [6, 6.07) is 18.5. The summed E-state index contributed by atoms with van der Waals surface area (Å²) in [5, 5.41) is 4.92. The SMILES string of the molecule is CCOC(=O)c1[nH]c2ccccc2c1NC(=S)N1CCC(Cc2ccccc2)CC1. The van der Waals surface area contributed by atoms with Gasteiger partial charge in [0.2, 0.25) is 0 Å². The van der Waals surface area contributed by atoms with Crippen LogP contribution < -0.4 is 5.32 Å². The summed E-state index contributed by atoms with van der Waals surface area (Å²) in [5.74, 6) is 0.301. The predicted molar refractivity (Wildman–Crippen MR) is 125 cm³/mol. The first-order valence-electron chi connectivity index (χ1n) is 10.5. The molecule has 0 atom stereocenters. The number of piperidine rings is 1. The number of benzene rings is 2. The van der Waals surface area contributed by atoms with Gasteiger partial charge in [-0.2, -0.15) is 0 Å². The van der Waals surface area contributed by atoms with Gasteiger partial charge in [0, 0.05) is 24.0 Å². The number of fused-ring (bicyclic) bond motifs is 1. The molecule has 5 nitrogen and oxygen atoms in total. The van der Waals surface area contributed by atoms with Crippen molar-refractivity contribution in [1.29, 1.82) is 0 Å². The van der Waals surface area contributed by atoms with E-state index in [2.05, 4.69) is 45.5 Å². The van der Waals surface area contributed by atoms with E-state index in [4.69, 9.17) is 17.0 Å². The number of carbonyl (C=O) groups is 1. The molecule has 3 aromatic rings. The molecule has 30 heavy (non-hydrogen) atoms. The fourth-order valence-corrected chi connectivity index (χ4v) is 4.39. The van der Waals surface area contributed by atoms with Crippen LogP contribution in [0.3, 0.4) is 0 Å². The molecule has 0 spiro atoms. The molecule has 4 rings (SSSR count). The van der Waals surface area contributed by atoms with Crippen molar-refractivity contribution >= 4 is 39.9 Å². The average Bonchev–Trinajstić information content (AvgIpc) is 3.14. The Labute approximate surface area is 182 Å². The van der Waals surface area contributed by atoms with Crippen molar-refractivity contribution in [3.05, 3.63) is 65.9 Å². The van der Waals surface area contributed by atoms with Crippen LogP contribution in [0.5, 0.6) is 0 Å². The maximum atomic E-state index is 12.5. The monoisotopic (exact) mass is 421 g/mol. The number of aromatic nitrogens is 1. The van der Waals surface area contributed by atoms with E-state index in [-0.39, 0.29) is 5.97 Å². The van der Waals surface area contributed by atoms with Crippen LogP contribution >= 0.6 is 12.2 Å². The summed E-state index contributed by atoms with van der Waals surface area (Å²) in [4.78, 5) is 17.8. The molecule has 0 radical (unpaired) electrons. The molecule has 1 aliphatic rings. The van der Waals surface area contributed by atoms with Crippen LogP contribution in [0, 0.1) is 5.92 Å². The number of ether oxygens (including phenoxy) is 1. The first-order valence-corrected chi connectivity index (χ1v) is 10.9. The van der Waals surface area contributed by atoms with Gasteiger partial charge in [-0.15, -0.1) is 0 Å². The third kappa shape index (κ3) is 4.49. The Hall–Kier alpha value is -2.86. The maximum Gasteiger partial charge on any atom is 0.356 e. The number of nitrogens with one attached hydrogen (secondary N) is 2. The van der Waals surface area contributed by atoms with Crippen molar-refractivity contribution in [2.24, 2.45) is 5.92 Å². The summed E-state index contributed by atoms with van der Waals surface area (Å²) >= 11 is 5.71. The van der Waals surface area contributed by atoms with E-state index in [0.29, 0.717) is 29.0 Å². The fourth-order valence-electron chi connectivity index (χ4n) is 4.10. The Balaban J connectivity index is 1.44. The number of thiocarbonyl (C=S) groups is 1. The van der Waals surface area contributed by atoms with E-state index in [1.807, 2.05) is 24.3 Å². The topological polar surface area (TPSA) is 57.4 Å². The van der Waals surface area contributed by atoms with Gasteiger partial charge in [-0.3, -0.25) is 0 Å². The van der Waals surface area contributed by atoms with E-state index < -0.39 is 0 Å². The number of esters is 1. The predicted octanol–water partition coefficient (Wildman–Crippen LogP) is 5.00. The molecule has 1 saturated heterocycles. The van der Waals surface area contributed by atoms with Crippen LogP contribution in [0.4, 0.5) is 5.69 Å². The molecule has 6 heteroatoms. The van der Waals surface area contributed by atoms with Crippen LogP contribution in [0.25, 0.3) is 10.9 Å². The maximum absolute atomic E-state index is 12.5. The summed E-state index contributed by atoms with van der Waals surface area (Å²) in [7, 11) is 0. The Morgan fingerprint density at radius 3 is 2.57 bits per heavy atom. The second-order valence-corrected chi connectivity index (χ2v) is 8.08. The minimum Gasteiger partial charge on any atom is -0.461 e. The van der Waals surface area contributed by atoms with E-state index in [1.54, 1.807) is 6.92 Å². The van der Waals surface area contributed by atoms with Crippen LogP contribution in [-0.2, 0) is 11.2 Å². The van der Waals surface area contributed by atoms with Crippen molar-refractivity contribution in [1.82, 2.24) is 9.88 Å². The number of hydrogen-bond donors (Lipinski definition) is 2. The van der Waals surface area contributed by atoms with Crippen molar-refractivity contribution in [2.45, 2.75) is 26.2 Å². The summed E-state index contributed by atoms with van der Waals surface area (Å²) in [5.41, 5.74) is 3.39. The zero-order chi connectivity index (χ0) is 20.9. The third-order valence-corrected chi connectivity index (χ3v) is 6.05. The van der Waals surface area contributed by atoms with Crippen molar-refractivity contribution in [3.63, 3.8) is 0 Å². The van der Waals surface area contributed by atoms with Crippen LogP contribution in [0.2, 0.25) is 0 Å². The smallest absolute Gasteiger partial charge is 0.356 e. The number of rotatable bonds is 5. The average molecular weight is 422 g/mol. The van der Waals surface area contributed by atoms with Gasteiger partial charge >= 0.3 is 5.97 Å². The molecule has 1 fully saturated rings. The number of hydrogen-bond acceptors (Lipinski definition) is 3. The highest BCUT2D eigenvalue weighted by Crippen LogP contribution is 2.29. The molecule has 0 saturated carbocycles. The molecular formula is C24H27N3O2S. The Bertz CT molecular complexity index is 1020. The van der Waals surface area contributed by atoms with Crippen molar-refractivity contribution in [2.75, 3.05) is 25.0 Å². The normalized spacial score (nSPS) is 14.6. The summed E-state index contributed by atoms with van der Waals surface area (Å²) in [6.45, 7) is 3.96. The largest absolute Gasteiger partial charge is 0.461 e. The van der Waals surface area contributed by atoms with Gasteiger partial charge in [-0.05, 0) is 56.0 Å². The lowest BCUT2D eigenvalue weighted by molar-refractivity contribution is 0.0522. The summed E-state index contributed by atoms with van der Waals surface area (Å²) < 4.78 is 5.23. The number of nitrogens with zero attached hydrogens (tertiary/aromatic N) is 1. The van der Waals surface area contributed by atoms with E-state index >= 15 is 0 Å². The van der Waals surface area contributed by atoms with Gasteiger partial charge in [-0.25, -0.2) is 4.79 Å². The Kier molecular flexibility index (Phi) is 6.33. The number of H-pyrrole nitrogens is 1. The lowest BCUT2D eigenvalue weighted by Crippen LogP contribution is -2.41. The number of carbonyl (C=O) groups excluding carboxylic acids is 1.